The minimum Gasteiger partial charge on any atom is -1.00 e. The fraction of sp³-hybridized carbons (Fsp3) is 0.583. The van der Waals surface area contributed by atoms with Gasteiger partial charge in [0, 0.05) is 0 Å². The summed E-state index contributed by atoms with van der Waals surface area (Å²) >= 11 is 0. The minimum atomic E-state index is 0. The first kappa shape index (κ1) is 31.8. The Morgan fingerprint density at radius 3 is 1.19 bits per heavy atom. The van der Waals surface area contributed by atoms with Crippen LogP contribution in [0.25, 0.3) is 0 Å². The molecule has 0 amide bonds. The molecule has 2 aromatic rings. The molecule has 0 unspecified atom stereocenters. The van der Waals surface area contributed by atoms with Gasteiger partial charge in [0.2, 0.25) is 0 Å². The summed E-state index contributed by atoms with van der Waals surface area (Å²) < 4.78 is 0. The van der Waals surface area contributed by atoms with Crippen molar-refractivity contribution in [3.05, 3.63) is 58.7 Å². The summed E-state index contributed by atoms with van der Waals surface area (Å²) in [5.41, 5.74) is 6.47. The fourth-order valence-electron chi connectivity index (χ4n) is 3.51. The van der Waals surface area contributed by atoms with Gasteiger partial charge in [0.15, 0.2) is 0 Å². The molecular formula is C24H38Cl2Zr. The van der Waals surface area contributed by atoms with Crippen LogP contribution in [0.4, 0.5) is 0 Å². The molecule has 0 saturated carbocycles. The van der Waals surface area contributed by atoms with Gasteiger partial charge in [-0.25, -0.2) is 12.1 Å². The molecule has 0 bridgehead atoms. The maximum absolute atomic E-state index is 2.32. The summed E-state index contributed by atoms with van der Waals surface area (Å²) in [6.07, 6.45) is 5.07. The van der Waals surface area contributed by atoms with Crippen LogP contribution in [0.1, 0.15) is 89.5 Å². The van der Waals surface area contributed by atoms with Crippen molar-refractivity contribution in [2.75, 3.05) is 0 Å². The quantitative estimate of drug-likeness (QED) is 0.542. The third-order valence-electron chi connectivity index (χ3n) is 5.13. The maximum atomic E-state index is 2.32. The van der Waals surface area contributed by atoms with Crippen LogP contribution >= 0.6 is 0 Å². The van der Waals surface area contributed by atoms with Crippen molar-refractivity contribution in [3.63, 3.8) is 0 Å². The molecule has 2 rings (SSSR count). The molecule has 0 radical (unpaired) electrons. The van der Waals surface area contributed by atoms with Crippen molar-refractivity contribution in [2.45, 2.75) is 91.9 Å². The van der Waals surface area contributed by atoms with Crippen LogP contribution in [0.5, 0.6) is 0 Å². The fourth-order valence-corrected chi connectivity index (χ4v) is 3.51. The summed E-state index contributed by atoms with van der Waals surface area (Å²) in [6.45, 7) is 18.1. The van der Waals surface area contributed by atoms with Gasteiger partial charge in [-0.05, 0) is 0 Å². The SMILES string of the molecule is CCCC(C)(C)c1cc[c-](C)c1.CCCC(C)(C)c1cc[c-](C)c1.[Cl-].[Cl-].[Zr+4]. The Morgan fingerprint density at radius 1 is 0.704 bits per heavy atom. The molecule has 3 heteroatoms. The maximum Gasteiger partial charge on any atom is 4.00 e. The second-order valence-electron chi connectivity index (χ2n) is 8.62. The molecule has 0 nitrogen and oxygen atoms in total. The zero-order valence-corrected chi connectivity index (χ0v) is 22.5. The van der Waals surface area contributed by atoms with E-state index in [1.165, 1.54) is 47.9 Å². The molecule has 0 aromatic heterocycles. The molecule has 0 saturated heterocycles. The largest absolute Gasteiger partial charge is 4.00 e. The van der Waals surface area contributed by atoms with E-state index in [0.717, 1.165) is 0 Å². The number of halogens is 2. The van der Waals surface area contributed by atoms with E-state index in [0.29, 0.717) is 10.8 Å². The standard InChI is InChI=1S/2C12H19.2ClH.Zr/c2*1-5-8-12(3,4)11-7-6-10(2)9-11;;;/h2*6-7,9H,5,8H2,1-4H3;2*1H;/q2*-1;;;+4/p-2. The van der Waals surface area contributed by atoms with Gasteiger partial charge in [0.25, 0.3) is 0 Å². The summed E-state index contributed by atoms with van der Waals surface area (Å²) in [4.78, 5) is 0. The van der Waals surface area contributed by atoms with Crippen molar-refractivity contribution in [1.29, 1.82) is 0 Å². The van der Waals surface area contributed by atoms with Gasteiger partial charge in [-0.3, -0.25) is 0 Å². The Morgan fingerprint density at radius 2 is 1.00 bits per heavy atom. The van der Waals surface area contributed by atoms with Crippen LogP contribution in [-0.2, 0) is 37.0 Å². The number of aryl methyl sites for hydroxylation is 2. The minimum absolute atomic E-state index is 0. The molecule has 27 heavy (non-hydrogen) atoms. The van der Waals surface area contributed by atoms with E-state index in [1.54, 1.807) is 0 Å². The van der Waals surface area contributed by atoms with Crippen molar-refractivity contribution in [1.82, 2.24) is 0 Å². The van der Waals surface area contributed by atoms with Crippen LogP contribution in [0.3, 0.4) is 0 Å². The predicted molar refractivity (Wildman–Crippen MR) is 109 cm³/mol. The third kappa shape index (κ3) is 10.5. The average molecular weight is 489 g/mol. The Bertz CT molecular complexity index is 551. The smallest absolute Gasteiger partial charge is 1.00 e. The molecule has 0 atom stereocenters. The molecule has 0 fully saturated rings. The Hall–Kier alpha value is 0.163. The second kappa shape index (κ2) is 14.2. The number of rotatable bonds is 6. The molecule has 0 aliphatic carbocycles. The number of hydrogen-bond acceptors (Lipinski definition) is 0. The van der Waals surface area contributed by atoms with Crippen molar-refractivity contribution in [3.8, 4) is 0 Å². The first-order chi connectivity index (χ1) is 11.1. The normalized spacial score (nSPS) is 10.7. The molecule has 0 aliphatic heterocycles. The number of hydrogen-bond donors (Lipinski definition) is 0. The average Bonchev–Trinajstić information content (AvgIpc) is 3.09. The molecule has 152 valence electrons. The van der Waals surface area contributed by atoms with Crippen molar-refractivity contribution < 1.29 is 51.0 Å². The first-order valence-electron chi connectivity index (χ1n) is 9.60. The van der Waals surface area contributed by atoms with E-state index in [9.17, 15) is 0 Å². The summed E-state index contributed by atoms with van der Waals surface area (Å²) in [7, 11) is 0. The van der Waals surface area contributed by atoms with Gasteiger partial charge in [-0.1, -0.05) is 91.9 Å². The Kier molecular flexibility index (Phi) is 16.7. The monoisotopic (exact) mass is 486 g/mol. The van der Waals surface area contributed by atoms with Gasteiger partial charge in [0.05, 0.1) is 0 Å². The summed E-state index contributed by atoms with van der Waals surface area (Å²) in [6, 6.07) is 13.5. The van der Waals surface area contributed by atoms with Crippen LogP contribution in [-0.4, -0.2) is 0 Å². The predicted octanol–water partition coefficient (Wildman–Crippen LogP) is 1.59. The van der Waals surface area contributed by atoms with E-state index < -0.39 is 0 Å². The molecule has 0 spiro atoms. The molecule has 0 heterocycles. The van der Waals surface area contributed by atoms with Gasteiger partial charge >= 0.3 is 26.2 Å². The summed E-state index contributed by atoms with van der Waals surface area (Å²) in [5, 5.41) is 0. The zero-order chi connectivity index (χ0) is 18.4. The van der Waals surface area contributed by atoms with Crippen LogP contribution in [0.2, 0.25) is 0 Å². The van der Waals surface area contributed by atoms with Crippen LogP contribution in [0.15, 0.2) is 36.4 Å². The van der Waals surface area contributed by atoms with E-state index in [1.807, 2.05) is 0 Å². The molecule has 0 aliphatic rings. The molecule has 0 N–H and O–H groups in total. The first-order valence-corrected chi connectivity index (χ1v) is 9.60. The molecular weight excluding hydrogens is 450 g/mol. The Labute approximate surface area is 200 Å². The topological polar surface area (TPSA) is 0 Å². The van der Waals surface area contributed by atoms with Crippen LogP contribution < -0.4 is 24.8 Å². The van der Waals surface area contributed by atoms with Gasteiger partial charge in [-0.15, -0.1) is 0 Å². The van der Waals surface area contributed by atoms with E-state index >= 15 is 0 Å². The van der Waals surface area contributed by atoms with Crippen molar-refractivity contribution in [2.24, 2.45) is 0 Å². The molecule has 2 aromatic carbocycles. The van der Waals surface area contributed by atoms with E-state index in [4.69, 9.17) is 0 Å². The van der Waals surface area contributed by atoms with Gasteiger partial charge < -0.3 is 24.8 Å². The van der Waals surface area contributed by atoms with Crippen LogP contribution in [0, 0.1) is 13.8 Å². The zero-order valence-electron chi connectivity index (χ0n) is 18.5. The third-order valence-corrected chi connectivity index (χ3v) is 5.13. The van der Waals surface area contributed by atoms with E-state index in [2.05, 4.69) is 91.8 Å². The second-order valence-corrected chi connectivity index (χ2v) is 8.62. The van der Waals surface area contributed by atoms with Gasteiger partial charge in [-0.2, -0.15) is 46.5 Å². The summed E-state index contributed by atoms with van der Waals surface area (Å²) in [5.74, 6) is 0. The Balaban J connectivity index is -0.000000384. The van der Waals surface area contributed by atoms with Crippen molar-refractivity contribution >= 4 is 0 Å². The van der Waals surface area contributed by atoms with Gasteiger partial charge in [0.1, 0.15) is 0 Å². The van der Waals surface area contributed by atoms with E-state index in [-0.39, 0.29) is 51.0 Å².